The molecule has 1 fully saturated rings. The van der Waals surface area contributed by atoms with E-state index in [4.69, 9.17) is 32.7 Å². The third-order valence-corrected chi connectivity index (χ3v) is 7.51. The zero-order valence-corrected chi connectivity index (χ0v) is 19.2. The molecule has 1 N–H and O–H groups in total. The van der Waals surface area contributed by atoms with Gasteiger partial charge in [-0.2, -0.15) is 4.31 Å². The maximum atomic E-state index is 12.9. The molecule has 0 spiro atoms. The van der Waals surface area contributed by atoms with Crippen molar-refractivity contribution in [3.63, 3.8) is 0 Å². The Hall–Kier alpha value is -1.91. The van der Waals surface area contributed by atoms with Crippen LogP contribution in [0.1, 0.15) is 12.8 Å². The van der Waals surface area contributed by atoms with Gasteiger partial charge in [-0.3, -0.25) is 4.79 Å². The Morgan fingerprint density at radius 1 is 1.23 bits per heavy atom. The summed E-state index contributed by atoms with van der Waals surface area (Å²) in [6, 6.07) is 7.73. The van der Waals surface area contributed by atoms with Crippen molar-refractivity contribution in [1.29, 1.82) is 0 Å². The van der Waals surface area contributed by atoms with Crippen LogP contribution in [0.15, 0.2) is 41.4 Å². The van der Waals surface area contributed by atoms with Crippen LogP contribution < -0.4 is 10.1 Å². The summed E-state index contributed by atoms with van der Waals surface area (Å²) in [7, 11) is -2.23. The molecule has 1 amide bonds. The van der Waals surface area contributed by atoms with E-state index in [1.54, 1.807) is 25.4 Å². The van der Waals surface area contributed by atoms with Gasteiger partial charge < -0.3 is 14.8 Å². The third kappa shape index (κ3) is 5.87. The number of hydrogen-bond acceptors (Lipinski definition) is 6. The molecule has 0 radical (unpaired) electrons. The number of nitrogens with one attached hydrogen (secondary N) is 1. The molecule has 2 heterocycles. The number of ether oxygens (including phenoxy) is 2. The predicted molar refractivity (Wildman–Crippen MR) is 118 cm³/mol. The number of rotatable bonds is 8. The molecule has 1 aliphatic rings. The number of methoxy groups -OCH3 is 1. The average Bonchev–Trinajstić information content (AvgIpc) is 2.76. The van der Waals surface area contributed by atoms with Gasteiger partial charge in [0.15, 0.2) is 0 Å². The van der Waals surface area contributed by atoms with Crippen molar-refractivity contribution in [3.8, 4) is 5.88 Å². The fourth-order valence-electron chi connectivity index (χ4n) is 3.23. The molecule has 3 rings (SSSR count). The number of aromatic nitrogens is 1. The van der Waals surface area contributed by atoms with E-state index in [1.165, 1.54) is 22.5 Å². The molecule has 0 bridgehead atoms. The zero-order valence-electron chi connectivity index (χ0n) is 16.9. The van der Waals surface area contributed by atoms with Gasteiger partial charge in [0.25, 0.3) is 0 Å². The molecule has 0 unspecified atom stereocenters. The van der Waals surface area contributed by atoms with E-state index in [1.807, 2.05) is 0 Å². The lowest BCUT2D eigenvalue weighted by Gasteiger charge is -2.30. The number of sulfonamides is 1. The minimum absolute atomic E-state index is 0.0298. The molecular weight excluding hydrogens is 465 g/mol. The summed E-state index contributed by atoms with van der Waals surface area (Å²) < 4.78 is 37.7. The van der Waals surface area contributed by atoms with Crippen molar-refractivity contribution in [3.05, 3.63) is 46.6 Å². The first-order chi connectivity index (χ1) is 14.8. The van der Waals surface area contributed by atoms with Crippen molar-refractivity contribution in [2.24, 2.45) is 5.92 Å². The Morgan fingerprint density at radius 2 is 1.97 bits per heavy atom. The number of pyridine rings is 1. The van der Waals surface area contributed by atoms with E-state index in [9.17, 15) is 13.2 Å². The molecule has 2 aromatic rings. The second-order valence-corrected chi connectivity index (χ2v) is 9.69. The SMILES string of the molecule is COCCOc1ncccc1NC(=O)C1CCN(S(=O)(=O)c2cc(Cl)ccc2Cl)CC1. The van der Waals surface area contributed by atoms with Crippen LogP contribution in [-0.2, 0) is 19.6 Å². The van der Waals surface area contributed by atoms with E-state index >= 15 is 0 Å². The number of nitrogens with zero attached hydrogens (tertiary/aromatic N) is 2. The summed E-state index contributed by atoms with van der Waals surface area (Å²) in [6.07, 6.45) is 2.33. The van der Waals surface area contributed by atoms with Gasteiger partial charge in [0, 0.05) is 37.3 Å². The Labute approximate surface area is 191 Å². The highest BCUT2D eigenvalue weighted by Gasteiger charge is 2.33. The highest BCUT2D eigenvalue weighted by molar-refractivity contribution is 7.89. The minimum atomic E-state index is -3.80. The van der Waals surface area contributed by atoms with Gasteiger partial charge in [-0.1, -0.05) is 23.2 Å². The monoisotopic (exact) mass is 487 g/mol. The third-order valence-electron chi connectivity index (χ3n) is 4.89. The maximum absolute atomic E-state index is 12.9. The summed E-state index contributed by atoms with van der Waals surface area (Å²) in [5.74, 6) is -0.237. The van der Waals surface area contributed by atoms with Gasteiger partial charge in [-0.25, -0.2) is 13.4 Å². The molecule has 11 heteroatoms. The number of piperidine rings is 1. The van der Waals surface area contributed by atoms with Crippen molar-refractivity contribution in [1.82, 2.24) is 9.29 Å². The van der Waals surface area contributed by atoms with Crippen LogP contribution in [0.3, 0.4) is 0 Å². The number of anilines is 1. The summed E-state index contributed by atoms with van der Waals surface area (Å²) >= 11 is 12.0. The molecule has 0 atom stereocenters. The van der Waals surface area contributed by atoms with Gasteiger partial charge in [0.05, 0.1) is 11.6 Å². The Bertz CT molecular complexity index is 1030. The number of halogens is 2. The summed E-state index contributed by atoms with van der Waals surface area (Å²) in [5.41, 5.74) is 0.462. The van der Waals surface area contributed by atoms with E-state index in [0.29, 0.717) is 37.6 Å². The normalized spacial score (nSPS) is 15.6. The Morgan fingerprint density at radius 3 is 2.68 bits per heavy atom. The van der Waals surface area contributed by atoms with Crippen LogP contribution in [-0.4, -0.2) is 57.0 Å². The van der Waals surface area contributed by atoms with Gasteiger partial charge in [-0.15, -0.1) is 0 Å². The van der Waals surface area contributed by atoms with Gasteiger partial charge in [0.2, 0.25) is 21.8 Å². The first kappa shape index (κ1) is 23.7. The van der Waals surface area contributed by atoms with Crippen molar-refractivity contribution >= 4 is 44.8 Å². The lowest BCUT2D eigenvalue weighted by molar-refractivity contribution is -0.120. The van der Waals surface area contributed by atoms with Crippen LogP contribution in [0.5, 0.6) is 5.88 Å². The Balaban J connectivity index is 1.62. The topological polar surface area (TPSA) is 97.8 Å². The van der Waals surface area contributed by atoms with Crippen molar-refractivity contribution in [2.45, 2.75) is 17.7 Å². The molecule has 1 aliphatic heterocycles. The fourth-order valence-corrected chi connectivity index (χ4v) is 5.44. The molecule has 8 nitrogen and oxygen atoms in total. The van der Waals surface area contributed by atoms with Crippen molar-refractivity contribution in [2.75, 3.05) is 38.7 Å². The second-order valence-electron chi connectivity index (χ2n) is 6.94. The Kier molecular flexibility index (Phi) is 8.12. The molecule has 1 aromatic carbocycles. The molecule has 31 heavy (non-hydrogen) atoms. The largest absolute Gasteiger partial charge is 0.474 e. The van der Waals surface area contributed by atoms with Gasteiger partial charge in [-0.05, 0) is 43.2 Å². The highest BCUT2D eigenvalue weighted by atomic mass is 35.5. The lowest BCUT2D eigenvalue weighted by atomic mass is 9.97. The number of hydrogen-bond donors (Lipinski definition) is 1. The summed E-state index contributed by atoms with van der Waals surface area (Å²) in [5, 5.41) is 3.24. The summed E-state index contributed by atoms with van der Waals surface area (Å²) in [4.78, 5) is 16.9. The van der Waals surface area contributed by atoms with E-state index in [0.717, 1.165) is 0 Å². The molecular formula is C20H23Cl2N3O5S. The van der Waals surface area contributed by atoms with Crippen LogP contribution in [0.25, 0.3) is 0 Å². The van der Waals surface area contributed by atoms with E-state index in [2.05, 4.69) is 10.3 Å². The molecule has 1 saturated heterocycles. The molecule has 168 valence electrons. The average molecular weight is 488 g/mol. The quantitative estimate of drug-likeness (QED) is 0.572. The second kappa shape index (κ2) is 10.6. The first-order valence-electron chi connectivity index (χ1n) is 9.65. The van der Waals surface area contributed by atoms with E-state index < -0.39 is 10.0 Å². The summed E-state index contributed by atoms with van der Waals surface area (Å²) in [6.45, 7) is 1.10. The lowest BCUT2D eigenvalue weighted by Crippen LogP contribution is -2.41. The van der Waals surface area contributed by atoms with Crippen LogP contribution in [0.4, 0.5) is 5.69 Å². The smallest absolute Gasteiger partial charge is 0.244 e. The van der Waals surface area contributed by atoms with Crippen LogP contribution in [0.2, 0.25) is 10.0 Å². The maximum Gasteiger partial charge on any atom is 0.244 e. The van der Waals surface area contributed by atoms with Crippen molar-refractivity contribution < 1.29 is 22.7 Å². The fraction of sp³-hybridized carbons (Fsp3) is 0.400. The number of carbonyl (C=O) groups excluding carboxylic acids is 1. The number of benzene rings is 1. The molecule has 1 aromatic heterocycles. The zero-order chi connectivity index (χ0) is 22.4. The molecule has 0 saturated carbocycles. The van der Waals surface area contributed by atoms with Gasteiger partial charge >= 0.3 is 0 Å². The number of carbonyl (C=O) groups is 1. The van der Waals surface area contributed by atoms with Crippen LogP contribution in [0, 0.1) is 5.92 Å². The first-order valence-corrected chi connectivity index (χ1v) is 11.9. The van der Waals surface area contributed by atoms with Crippen LogP contribution >= 0.6 is 23.2 Å². The highest BCUT2D eigenvalue weighted by Crippen LogP contribution is 2.31. The molecule has 0 aliphatic carbocycles. The number of amides is 1. The standard InChI is InChI=1S/C20H23Cl2N3O5S/c1-29-11-12-30-20-17(3-2-8-23-20)24-19(26)14-6-9-25(10-7-14)31(27,28)18-13-15(21)4-5-16(18)22/h2-5,8,13-14H,6-7,9-12H2,1H3,(H,24,26). The predicted octanol–water partition coefficient (Wildman–Crippen LogP) is 3.45. The van der Waals surface area contributed by atoms with Gasteiger partial charge in [0.1, 0.15) is 17.2 Å². The minimum Gasteiger partial charge on any atom is -0.474 e. The van der Waals surface area contributed by atoms with E-state index in [-0.39, 0.29) is 39.9 Å².